The highest BCUT2D eigenvalue weighted by Crippen LogP contribution is 2.09. The zero-order chi connectivity index (χ0) is 8.10. The summed E-state index contributed by atoms with van der Waals surface area (Å²) in [6.07, 6.45) is 3.57. The topological polar surface area (TPSA) is 22.3 Å². The highest BCUT2D eigenvalue weighted by atomic mass is 14.5. The second-order valence-electron chi connectivity index (χ2n) is 2.77. The maximum absolute atomic E-state index is 8.98. The number of aryl methyl sites for hydroxylation is 1. The van der Waals surface area contributed by atoms with Gasteiger partial charge in [-0.25, -0.2) is 0 Å². The van der Waals surface area contributed by atoms with Gasteiger partial charge in [0.05, 0.1) is 5.69 Å². The standard InChI is InChI=1S/C10H13N/c1-2-3-4-9-5-7-10(11)8-6-9/h5-8H,2-4H2,1H3. The lowest BCUT2D eigenvalue weighted by atomic mass is 10.1. The van der Waals surface area contributed by atoms with Crippen LogP contribution in [0.2, 0.25) is 0 Å². The Morgan fingerprint density at radius 2 is 1.82 bits per heavy atom. The Hall–Kier alpha value is -0.980. The molecule has 0 aliphatic heterocycles. The van der Waals surface area contributed by atoms with Crippen molar-refractivity contribution in [2.24, 2.45) is 0 Å². The second kappa shape index (κ2) is 4.02. The Labute approximate surface area is 68.2 Å². The van der Waals surface area contributed by atoms with E-state index in [1.165, 1.54) is 18.4 Å². The number of rotatable bonds is 3. The van der Waals surface area contributed by atoms with Gasteiger partial charge in [0.15, 0.2) is 0 Å². The molecule has 0 unspecified atom stereocenters. The van der Waals surface area contributed by atoms with Crippen LogP contribution >= 0.6 is 0 Å². The molecule has 58 valence electrons. The monoisotopic (exact) mass is 147 g/mol. The molecule has 11 heavy (non-hydrogen) atoms. The quantitative estimate of drug-likeness (QED) is 0.627. The third-order valence-corrected chi connectivity index (χ3v) is 1.76. The molecule has 1 heteroatoms. The van der Waals surface area contributed by atoms with E-state index >= 15 is 0 Å². The molecule has 0 N–H and O–H groups in total. The van der Waals surface area contributed by atoms with E-state index in [2.05, 4.69) is 6.92 Å². The Bertz CT molecular complexity index is 201. The van der Waals surface area contributed by atoms with Gasteiger partial charge >= 0.3 is 0 Å². The van der Waals surface area contributed by atoms with Gasteiger partial charge in [-0.3, -0.25) is 0 Å². The van der Waals surface area contributed by atoms with Crippen LogP contribution in [-0.2, 0) is 6.42 Å². The van der Waals surface area contributed by atoms with E-state index in [9.17, 15) is 0 Å². The maximum Gasteiger partial charge on any atom is 0.0857 e. The van der Waals surface area contributed by atoms with Crippen molar-refractivity contribution in [3.8, 4) is 0 Å². The summed E-state index contributed by atoms with van der Waals surface area (Å²) in [6, 6.07) is 7.44. The SMILES string of the molecule is CCCCc1ccc([N])cc1. The van der Waals surface area contributed by atoms with Crippen LogP contribution < -0.4 is 5.73 Å². The van der Waals surface area contributed by atoms with Crippen molar-refractivity contribution >= 4 is 5.69 Å². The van der Waals surface area contributed by atoms with Gasteiger partial charge in [0, 0.05) is 0 Å². The largest absolute Gasteiger partial charge is 0.151 e. The van der Waals surface area contributed by atoms with Crippen LogP contribution in [0.3, 0.4) is 0 Å². The van der Waals surface area contributed by atoms with Crippen molar-refractivity contribution in [3.63, 3.8) is 0 Å². The van der Waals surface area contributed by atoms with Crippen LogP contribution in [-0.4, -0.2) is 0 Å². The van der Waals surface area contributed by atoms with Crippen molar-refractivity contribution < 1.29 is 0 Å². The number of benzene rings is 1. The summed E-state index contributed by atoms with van der Waals surface area (Å²) in [4.78, 5) is 0. The first-order valence-electron chi connectivity index (χ1n) is 4.11. The van der Waals surface area contributed by atoms with Crippen LogP contribution in [0.25, 0.3) is 0 Å². The predicted octanol–water partition coefficient (Wildman–Crippen LogP) is 2.73. The second-order valence-corrected chi connectivity index (χ2v) is 2.77. The normalized spacial score (nSPS) is 9.91. The van der Waals surface area contributed by atoms with Crippen molar-refractivity contribution in [1.82, 2.24) is 5.73 Å². The fourth-order valence-electron chi connectivity index (χ4n) is 1.04. The first kappa shape index (κ1) is 8.12. The molecule has 0 fully saturated rings. The predicted molar refractivity (Wildman–Crippen MR) is 46.8 cm³/mol. The third-order valence-electron chi connectivity index (χ3n) is 1.76. The Morgan fingerprint density at radius 3 is 2.36 bits per heavy atom. The van der Waals surface area contributed by atoms with Crippen molar-refractivity contribution in [3.05, 3.63) is 29.8 Å². The molecule has 1 rings (SSSR count). The van der Waals surface area contributed by atoms with E-state index in [0.29, 0.717) is 5.69 Å². The molecule has 1 nitrogen and oxygen atoms in total. The van der Waals surface area contributed by atoms with Crippen LogP contribution in [0, 0.1) is 0 Å². The van der Waals surface area contributed by atoms with E-state index in [1.54, 1.807) is 12.1 Å². The molecular weight excluding hydrogens is 134 g/mol. The van der Waals surface area contributed by atoms with Gasteiger partial charge in [-0.15, -0.1) is 0 Å². The molecule has 1 aromatic carbocycles. The minimum absolute atomic E-state index is 0.352. The number of nitrogens with zero attached hydrogens (tertiary/aromatic N) is 1. The summed E-state index contributed by atoms with van der Waals surface area (Å²) in [5.41, 5.74) is 10.6. The third kappa shape index (κ3) is 2.62. The highest BCUT2D eigenvalue weighted by Gasteiger charge is 1.91. The molecule has 0 aliphatic rings. The minimum Gasteiger partial charge on any atom is -0.151 e. The van der Waals surface area contributed by atoms with E-state index in [1.807, 2.05) is 12.1 Å². The van der Waals surface area contributed by atoms with Gasteiger partial charge in [0.2, 0.25) is 0 Å². The average molecular weight is 147 g/mol. The lowest BCUT2D eigenvalue weighted by molar-refractivity contribution is 0.795. The fraction of sp³-hybridized carbons (Fsp3) is 0.400. The molecule has 0 spiro atoms. The van der Waals surface area contributed by atoms with Gasteiger partial charge in [-0.1, -0.05) is 25.5 Å². The molecule has 0 heterocycles. The summed E-state index contributed by atoms with van der Waals surface area (Å²) in [6.45, 7) is 2.18. The highest BCUT2D eigenvalue weighted by molar-refractivity contribution is 5.35. The maximum atomic E-state index is 8.98. The van der Waals surface area contributed by atoms with Crippen molar-refractivity contribution in [2.75, 3.05) is 0 Å². The lowest BCUT2D eigenvalue weighted by Gasteiger charge is -1.97. The van der Waals surface area contributed by atoms with Gasteiger partial charge in [0.25, 0.3) is 0 Å². The lowest BCUT2D eigenvalue weighted by Crippen LogP contribution is -1.83. The summed E-state index contributed by atoms with van der Waals surface area (Å²) in [5, 5.41) is 0. The molecule has 0 atom stereocenters. The molecule has 0 aliphatic carbocycles. The Balaban J connectivity index is 2.52. The number of hydrogen-bond donors (Lipinski definition) is 0. The van der Waals surface area contributed by atoms with Gasteiger partial charge < -0.3 is 0 Å². The summed E-state index contributed by atoms with van der Waals surface area (Å²) in [7, 11) is 0. The van der Waals surface area contributed by atoms with Crippen LogP contribution in [0.5, 0.6) is 0 Å². The van der Waals surface area contributed by atoms with Gasteiger partial charge in [-0.2, -0.15) is 5.73 Å². The van der Waals surface area contributed by atoms with Crippen LogP contribution in [0.15, 0.2) is 24.3 Å². The Morgan fingerprint density at radius 1 is 1.18 bits per heavy atom. The zero-order valence-corrected chi connectivity index (χ0v) is 6.88. The summed E-state index contributed by atoms with van der Waals surface area (Å²) >= 11 is 0. The molecule has 1 aromatic rings. The van der Waals surface area contributed by atoms with Crippen molar-refractivity contribution in [2.45, 2.75) is 26.2 Å². The van der Waals surface area contributed by atoms with Crippen LogP contribution in [0.4, 0.5) is 5.69 Å². The molecule has 2 radical (unpaired) electrons. The zero-order valence-electron chi connectivity index (χ0n) is 6.88. The summed E-state index contributed by atoms with van der Waals surface area (Å²) < 4.78 is 0. The summed E-state index contributed by atoms with van der Waals surface area (Å²) in [5.74, 6) is 0. The van der Waals surface area contributed by atoms with Crippen LogP contribution in [0.1, 0.15) is 25.3 Å². The number of unbranched alkanes of at least 4 members (excludes halogenated alkanes) is 1. The molecule has 0 amide bonds. The first-order chi connectivity index (χ1) is 5.33. The molecule has 0 aromatic heterocycles. The Kier molecular flexibility index (Phi) is 2.96. The smallest absolute Gasteiger partial charge is 0.0857 e. The van der Waals surface area contributed by atoms with E-state index in [0.717, 1.165) is 6.42 Å². The molecular formula is C10H13N. The fourth-order valence-corrected chi connectivity index (χ4v) is 1.04. The molecule has 0 saturated carbocycles. The van der Waals surface area contributed by atoms with E-state index < -0.39 is 0 Å². The van der Waals surface area contributed by atoms with Crippen molar-refractivity contribution in [1.29, 1.82) is 0 Å². The number of hydrogen-bond acceptors (Lipinski definition) is 0. The average Bonchev–Trinajstić information content (AvgIpc) is 2.04. The van der Waals surface area contributed by atoms with Gasteiger partial charge in [-0.05, 0) is 30.5 Å². The minimum atomic E-state index is 0.352. The van der Waals surface area contributed by atoms with E-state index in [-0.39, 0.29) is 0 Å². The molecule has 0 saturated heterocycles. The first-order valence-corrected chi connectivity index (χ1v) is 4.11. The van der Waals surface area contributed by atoms with Gasteiger partial charge in [0.1, 0.15) is 0 Å². The molecule has 0 bridgehead atoms. The van der Waals surface area contributed by atoms with E-state index in [4.69, 9.17) is 5.73 Å².